The quantitative estimate of drug-likeness (QED) is 0.747. The molecule has 0 unspecified atom stereocenters. The first-order valence-corrected chi connectivity index (χ1v) is 5.58. The zero-order valence-corrected chi connectivity index (χ0v) is 10.3. The first-order valence-electron chi connectivity index (χ1n) is 5.58. The lowest BCUT2D eigenvalue weighted by Gasteiger charge is -2.26. The van der Waals surface area contributed by atoms with Gasteiger partial charge < -0.3 is 14.9 Å². The van der Waals surface area contributed by atoms with E-state index in [1.807, 2.05) is 0 Å². The van der Waals surface area contributed by atoms with Gasteiger partial charge in [0.15, 0.2) is 0 Å². The number of carbonyl (C=O) groups is 2. The van der Waals surface area contributed by atoms with Crippen molar-refractivity contribution in [2.75, 3.05) is 13.2 Å². The van der Waals surface area contributed by atoms with Crippen molar-refractivity contribution in [3.05, 3.63) is 0 Å². The average Bonchev–Trinajstić information content (AvgIpc) is 2.58. The highest BCUT2D eigenvalue weighted by atomic mass is 16.6. The number of rotatable bonds is 2. The van der Waals surface area contributed by atoms with Gasteiger partial charge in [-0.25, -0.2) is 9.59 Å². The monoisotopic (exact) mass is 245 g/mol. The molecule has 1 fully saturated rings. The molecular formula is C11H19NO5. The van der Waals surface area contributed by atoms with Gasteiger partial charge in [-0.1, -0.05) is 0 Å². The Hall–Kier alpha value is -1.30. The van der Waals surface area contributed by atoms with Crippen LogP contribution in [0.1, 0.15) is 27.2 Å². The number of aliphatic hydroxyl groups is 1. The number of aliphatic hydroxyl groups excluding tert-OH is 1. The number of carbonyl (C=O) groups excluding carboxylic acids is 1. The van der Waals surface area contributed by atoms with Crippen molar-refractivity contribution >= 4 is 12.1 Å². The summed E-state index contributed by atoms with van der Waals surface area (Å²) in [5, 5.41) is 18.0. The molecule has 17 heavy (non-hydrogen) atoms. The normalized spacial score (nSPS) is 24.8. The second-order valence-electron chi connectivity index (χ2n) is 5.27. The Morgan fingerprint density at radius 2 is 2.00 bits per heavy atom. The van der Waals surface area contributed by atoms with E-state index in [0.717, 1.165) is 0 Å². The molecule has 2 N–H and O–H groups in total. The molecule has 0 aromatic carbocycles. The van der Waals surface area contributed by atoms with Crippen LogP contribution in [0.25, 0.3) is 0 Å². The van der Waals surface area contributed by atoms with Crippen LogP contribution in [0, 0.1) is 5.92 Å². The van der Waals surface area contributed by atoms with Gasteiger partial charge in [-0.05, 0) is 27.2 Å². The van der Waals surface area contributed by atoms with E-state index in [-0.39, 0.29) is 25.5 Å². The summed E-state index contributed by atoms with van der Waals surface area (Å²) in [5.41, 5.74) is -0.655. The minimum absolute atomic E-state index is 0.122. The SMILES string of the molecule is CC(C)(C)OC(=O)N1C[C@H](CO)C[C@H]1C(=O)O. The summed E-state index contributed by atoms with van der Waals surface area (Å²) < 4.78 is 5.14. The van der Waals surface area contributed by atoms with Crippen molar-refractivity contribution in [3.63, 3.8) is 0 Å². The zero-order chi connectivity index (χ0) is 13.2. The lowest BCUT2D eigenvalue weighted by molar-refractivity contribution is -0.142. The number of ether oxygens (including phenoxy) is 1. The minimum Gasteiger partial charge on any atom is -0.480 e. The summed E-state index contributed by atoms with van der Waals surface area (Å²) in [5.74, 6) is -1.25. The highest BCUT2D eigenvalue weighted by molar-refractivity contribution is 5.80. The highest BCUT2D eigenvalue weighted by Gasteiger charge is 2.41. The third kappa shape index (κ3) is 3.59. The van der Waals surface area contributed by atoms with E-state index in [4.69, 9.17) is 14.9 Å². The van der Waals surface area contributed by atoms with E-state index in [9.17, 15) is 9.59 Å². The maximum absolute atomic E-state index is 11.8. The van der Waals surface area contributed by atoms with E-state index < -0.39 is 23.7 Å². The Morgan fingerprint density at radius 1 is 1.41 bits per heavy atom. The van der Waals surface area contributed by atoms with E-state index in [1.165, 1.54) is 4.90 Å². The first-order chi connectivity index (χ1) is 7.74. The molecular weight excluding hydrogens is 226 g/mol. The number of carboxylic acid groups (broad SMARTS) is 1. The van der Waals surface area contributed by atoms with Gasteiger partial charge in [-0.2, -0.15) is 0 Å². The van der Waals surface area contributed by atoms with Crippen molar-refractivity contribution in [2.24, 2.45) is 5.92 Å². The predicted molar refractivity (Wildman–Crippen MR) is 59.6 cm³/mol. The Morgan fingerprint density at radius 3 is 2.41 bits per heavy atom. The first kappa shape index (κ1) is 13.8. The van der Waals surface area contributed by atoms with Gasteiger partial charge in [0.25, 0.3) is 0 Å². The Labute approximate surface area is 100 Å². The molecule has 0 saturated carbocycles. The lowest BCUT2D eigenvalue weighted by atomic mass is 10.1. The van der Waals surface area contributed by atoms with Crippen molar-refractivity contribution in [1.29, 1.82) is 0 Å². The van der Waals surface area contributed by atoms with Crippen LogP contribution in [-0.4, -0.2) is 52.0 Å². The highest BCUT2D eigenvalue weighted by Crippen LogP contribution is 2.25. The molecule has 0 bridgehead atoms. The van der Waals surface area contributed by atoms with Crippen LogP contribution >= 0.6 is 0 Å². The van der Waals surface area contributed by atoms with Crippen molar-refractivity contribution in [3.8, 4) is 0 Å². The maximum Gasteiger partial charge on any atom is 0.411 e. The van der Waals surface area contributed by atoms with Crippen LogP contribution in [0.5, 0.6) is 0 Å². The van der Waals surface area contributed by atoms with Crippen LogP contribution in [0.4, 0.5) is 4.79 Å². The summed E-state index contributed by atoms with van der Waals surface area (Å²) in [4.78, 5) is 24.0. The molecule has 0 aliphatic carbocycles. The number of aliphatic carboxylic acids is 1. The number of carboxylic acids is 1. The van der Waals surface area contributed by atoms with Crippen LogP contribution in [0.2, 0.25) is 0 Å². The van der Waals surface area contributed by atoms with Crippen molar-refractivity contribution in [1.82, 2.24) is 4.90 Å². The largest absolute Gasteiger partial charge is 0.480 e. The molecule has 1 amide bonds. The molecule has 2 atom stereocenters. The number of likely N-dealkylation sites (tertiary alicyclic amines) is 1. The fraction of sp³-hybridized carbons (Fsp3) is 0.818. The van der Waals surface area contributed by atoms with Crippen LogP contribution in [-0.2, 0) is 9.53 Å². The minimum atomic E-state index is -1.06. The second kappa shape index (κ2) is 4.91. The molecule has 0 aromatic rings. The van der Waals surface area contributed by atoms with Crippen LogP contribution in [0.3, 0.4) is 0 Å². The summed E-state index contributed by atoms with van der Waals surface area (Å²) in [7, 11) is 0. The second-order valence-corrected chi connectivity index (χ2v) is 5.27. The maximum atomic E-state index is 11.8. The van der Waals surface area contributed by atoms with Crippen LogP contribution in [0.15, 0.2) is 0 Å². The molecule has 1 aliphatic rings. The van der Waals surface area contributed by atoms with Crippen molar-refractivity contribution < 1.29 is 24.5 Å². The fourth-order valence-corrected chi connectivity index (χ4v) is 1.81. The molecule has 6 nitrogen and oxygen atoms in total. The number of hydrogen-bond donors (Lipinski definition) is 2. The Bertz CT molecular complexity index is 309. The molecule has 1 aliphatic heterocycles. The summed E-state index contributed by atoms with van der Waals surface area (Å²) in [6.45, 7) is 5.27. The number of amides is 1. The van der Waals surface area contributed by atoms with E-state index in [0.29, 0.717) is 0 Å². The molecule has 98 valence electrons. The third-order valence-corrected chi connectivity index (χ3v) is 2.56. The predicted octanol–water partition coefficient (Wildman–Crippen LogP) is 0.689. The molecule has 0 spiro atoms. The van der Waals surface area contributed by atoms with Crippen molar-refractivity contribution in [2.45, 2.75) is 38.8 Å². The molecule has 1 saturated heterocycles. The zero-order valence-electron chi connectivity index (χ0n) is 10.3. The smallest absolute Gasteiger partial charge is 0.411 e. The van der Waals surface area contributed by atoms with Gasteiger partial charge >= 0.3 is 12.1 Å². The van der Waals surface area contributed by atoms with E-state index in [1.54, 1.807) is 20.8 Å². The molecule has 6 heteroatoms. The van der Waals surface area contributed by atoms with Crippen LogP contribution < -0.4 is 0 Å². The van der Waals surface area contributed by atoms with E-state index >= 15 is 0 Å². The average molecular weight is 245 g/mol. The fourth-order valence-electron chi connectivity index (χ4n) is 1.81. The van der Waals surface area contributed by atoms with Gasteiger partial charge in [-0.15, -0.1) is 0 Å². The number of nitrogens with zero attached hydrogens (tertiary/aromatic N) is 1. The standard InChI is InChI=1S/C11H19NO5/c1-11(2,3)17-10(16)12-5-7(6-13)4-8(12)9(14)15/h7-8,13H,4-6H2,1-3H3,(H,14,15)/t7-,8+/m1/s1. The summed E-state index contributed by atoms with van der Waals surface area (Å²) >= 11 is 0. The Kier molecular flexibility index (Phi) is 3.98. The molecule has 1 heterocycles. The van der Waals surface area contributed by atoms with Gasteiger partial charge in [0.2, 0.25) is 0 Å². The molecule has 0 aromatic heterocycles. The van der Waals surface area contributed by atoms with Gasteiger partial charge in [0, 0.05) is 19.1 Å². The van der Waals surface area contributed by atoms with Gasteiger partial charge in [0.1, 0.15) is 11.6 Å². The summed E-state index contributed by atoms with van der Waals surface area (Å²) in [6, 6.07) is -0.901. The molecule has 1 rings (SSSR count). The Balaban J connectivity index is 2.73. The van der Waals surface area contributed by atoms with Gasteiger partial charge in [0.05, 0.1) is 0 Å². The lowest BCUT2D eigenvalue weighted by Crippen LogP contribution is -2.43. The van der Waals surface area contributed by atoms with E-state index in [2.05, 4.69) is 0 Å². The molecule has 0 radical (unpaired) electrons. The van der Waals surface area contributed by atoms with Gasteiger partial charge in [-0.3, -0.25) is 4.90 Å². The topological polar surface area (TPSA) is 87.1 Å². The summed E-state index contributed by atoms with van der Waals surface area (Å²) in [6.07, 6.45) is -0.369. The number of hydrogen-bond acceptors (Lipinski definition) is 4. The third-order valence-electron chi connectivity index (χ3n) is 2.56.